The minimum atomic E-state index is -0.0752. The van der Waals surface area contributed by atoms with Gasteiger partial charge in [0.25, 0.3) is 0 Å². The molecule has 0 bridgehead atoms. The molecule has 0 radical (unpaired) electrons. The van der Waals surface area contributed by atoms with E-state index in [1.54, 1.807) is 0 Å². The van der Waals surface area contributed by atoms with Crippen LogP contribution in [0.3, 0.4) is 0 Å². The predicted molar refractivity (Wildman–Crippen MR) is 196 cm³/mol. The summed E-state index contributed by atoms with van der Waals surface area (Å²) >= 11 is 0. The number of carbonyl (C=O) groups excluding carboxylic acids is 1. The molecule has 0 saturated carbocycles. The Labute approximate surface area is 274 Å². The maximum absolute atomic E-state index is 12.3. The van der Waals surface area contributed by atoms with E-state index in [0.29, 0.717) is 6.54 Å². The highest BCUT2D eigenvalue weighted by Crippen LogP contribution is 2.18. The van der Waals surface area contributed by atoms with Gasteiger partial charge in [0.1, 0.15) is 6.10 Å². The van der Waals surface area contributed by atoms with Gasteiger partial charge in [-0.15, -0.1) is 0 Å². The lowest BCUT2D eigenvalue weighted by molar-refractivity contribution is -0.150. The quantitative estimate of drug-likeness (QED) is 0.0445. The number of esters is 1. The lowest BCUT2D eigenvalue weighted by Crippen LogP contribution is -2.27. The summed E-state index contributed by atoms with van der Waals surface area (Å²) in [5, 5.41) is 0. The second-order valence-corrected chi connectivity index (χ2v) is 12.3. The van der Waals surface area contributed by atoms with E-state index < -0.39 is 0 Å². The average Bonchev–Trinajstić information content (AvgIpc) is 3.00. The van der Waals surface area contributed by atoms with Crippen LogP contribution >= 0.6 is 0 Å². The van der Waals surface area contributed by atoms with Gasteiger partial charge in [-0.2, -0.15) is 0 Å². The lowest BCUT2D eigenvalue weighted by Gasteiger charge is -2.19. The smallest absolute Gasteiger partial charge is 0.320 e. The van der Waals surface area contributed by atoms with Crippen LogP contribution in [-0.2, 0) is 9.53 Å². The first-order valence-electron chi connectivity index (χ1n) is 18.3. The van der Waals surface area contributed by atoms with Gasteiger partial charge in [0.2, 0.25) is 0 Å². The van der Waals surface area contributed by atoms with Gasteiger partial charge in [-0.1, -0.05) is 138 Å². The summed E-state index contributed by atoms with van der Waals surface area (Å²) in [6.45, 7) is 4.72. The van der Waals surface area contributed by atoms with E-state index in [9.17, 15) is 4.79 Å². The second kappa shape index (κ2) is 35.4. The fourth-order valence-corrected chi connectivity index (χ4v) is 5.08. The molecule has 0 fully saturated rings. The van der Waals surface area contributed by atoms with Crippen LogP contribution < -0.4 is 0 Å². The van der Waals surface area contributed by atoms with Crippen molar-refractivity contribution in [2.45, 2.75) is 161 Å². The maximum atomic E-state index is 12.3. The number of rotatable bonds is 31. The van der Waals surface area contributed by atoms with E-state index in [4.69, 9.17) is 4.74 Å². The molecule has 0 heterocycles. The molecule has 3 heteroatoms. The van der Waals surface area contributed by atoms with E-state index in [0.717, 1.165) is 51.4 Å². The SMILES string of the molecule is CCC=CCC=CCC=CCCCCCCCCC(CCCCCCCCC=CCC=CCC=CCC)OC(=O)CN(C)C. The van der Waals surface area contributed by atoms with E-state index in [2.05, 4.69) is 86.8 Å². The number of carbonyl (C=O) groups is 1. The fourth-order valence-electron chi connectivity index (χ4n) is 5.08. The van der Waals surface area contributed by atoms with Crippen LogP contribution in [0.5, 0.6) is 0 Å². The number of hydrogen-bond donors (Lipinski definition) is 0. The Bertz CT molecular complexity index is 732. The molecule has 0 N–H and O–H groups in total. The molecule has 0 aliphatic heterocycles. The Morgan fingerprint density at radius 2 is 0.841 bits per heavy atom. The van der Waals surface area contributed by atoms with Crippen LogP contribution in [0.25, 0.3) is 0 Å². The highest BCUT2D eigenvalue weighted by Gasteiger charge is 2.14. The van der Waals surface area contributed by atoms with Gasteiger partial charge >= 0.3 is 5.97 Å². The third kappa shape index (κ3) is 34.4. The normalized spacial score (nSPS) is 13.4. The monoisotopic (exact) mass is 610 g/mol. The standard InChI is InChI=1S/C41H71NO2/c1-5-7-9-11-13-15-17-19-21-23-25-27-29-31-33-35-37-40(44-41(43)39-42(3)4)38-36-34-32-30-28-26-24-22-20-18-16-14-12-10-8-6-2/h7-10,13-16,19-22,40H,5-6,11-12,17-18,23-39H2,1-4H3. The number of ether oxygens (including phenoxy) is 1. The fraction of sp³-hybridized carbons (Fsp3) is 0.683. The largest absolute Gasteiger partial charge is 0.461 e. The first-order valence-corrected chi connectivity index (χ1v) is 18.3. The first-order chi connectivity index (χ1) is 21.6. The highest BCUT2D eigenvalue weighted by molar-refractivity contribution is 5.71. The molecular weight excluding hydrogens is 538 g/mol. The molecule has 0 atom stereocenters. The van der Waals surface area contributed by atoms with Crippen molar-refractivity contribution in [2.24, 2.45) is 0 Å². The number of likely N-dealkylation sites (N-methyl/N-ethyl adjacent to an activating group) is 1. The second-order valence-electron chi connectivity index (χ2n) is 12.3. The molecule has 0 rings (SSSR count). The topological polar surface area (TPSA) is 29.5 Å². The minimum absolute atomic E-state index is 0.0752. The number of allylic oxidation sites excluding steroid dienone is 12. The van der Waals surface area contributed by atoms with Crippen molar-refractivity contribution in [2.75, 3.05) is 20.6 Å². The number of nitrogens with zero attached hydrogens (tertiary/aromatic N) is 1. The predicted octanol–water partition coefficient (Wildman–Crippen LogP) is 12.4. The third-order valence-corrected chi connectivity index (χ3v) is 7.60. The van der Waals surface area contributed by atoms with E-state index in [1.807, 2.05) is 19.0 Å². The molecular formula is C41H71NO2. The van der Waals surface area contributed by atoms with Gasteiger partial charge in [-0.25, -0.2) is 0 Å². The molecule has 0 aliphatic carbocycles. The van der Waals surface area contributed by atoms with Crippen molar-refractivity contribution in [1.29, 1.82) is 0 Å². The van der Waals surface area contributed by atoms with Crippen molar-refractivity contribution >= 4 is 5.97 Å². The van der Waals surface area contributed by atoms with Crippen LogP contribution in [0, 0.1) is 0 Å². The van der Waals surface area contributed by atoms with Crippen molar-refractivity contribution in [3.63, 3.8) is 0 Å². The van der Waals surface area contributed by atoms with Crippen LogP contribution in [-0.4, -0.2) is 37.6 Å². The molecule has 252 valence electrons. The first kappa shape index (κ1) is 41.9. The van der Waals surface area contributed by atoms with Gasteiger partial charge < -0.3 is 4.74 Å². The summed E-state index contributed by atoms with van der Waals surface area (Å²) in [4.78, 5) is 14.2. The van der Waals surface area contributed by atoms with Crippen LogP contribution in [0.4, 0.5) is 0 Å². The zero-order valence-corrected chi connectivity index (χ0v) is 29.5. The molecule has 0 saturated heterocycles. The third-order valence-electron chi connectivity index (χ3n) is 7.60. The average molecular weight is 610 g/mol. The number of unbranched alkanes of at least 4 members (excludes halogenated alkanes) is 12. The van der Waals surface area contributed by atoms with Gasteiger partial charge in [0, 0.05) is 0 Å². The molecule has 0 aromatic rings. The van der Waals surface area contributed by atoms with Crippen molar-refractivity contribution < 1.29 is 9.53 Å². The Morgan fingerprint density at radius 3 is 1.23 bits per heavy atom. The zero-order chi connectivity index (χ0) is 32.2. The minimum Gasteiger partial charge on any atom is -0.461 e. The van der Waals surface area contributed by atoms with Crippen molar-refractivity contribution in [3.05, 3.63) is 72.9 Å². The van der Waals surface area contributed by atoms with Crippen molar-refractivity contribution in [1.82, 2.24) is 4.90 Å². The van der Waals surface area contributed by atoms with E-state index in [-0.39, 0.29) is 12.1 Å². The Hall–Kier alpha value is -2.13. The van der Waals surface area contributed by atoms with Crippen LogP contribution in [0.2, 0.25) is 0 Å². The van der Waals surface area contributed by atoms with E-state index >= 15 is 0 Å². The summed E-state index contributed by atoms with van der Waals surface area (Å²) in [5.74, 6) is -0.0752. The summed E-state index contributed by atoms with van der Waals surface area (Å²) in [5.41, 5.74) is 0. The molecule has 0 spiro atoms. The van der Waals surface area contributed by atoms with Gasteiger partial charge in [-0.05, 0) is 104 Å². The lowest BCUT2D eigenvalue weighted by atomic mass is 10.0. The molecule has 0 unspecified atom stereocenters. The zero-order valence-electron chi connectivity index (χ0n) is 29.5. The number of hydrogen-bond acceptors (Lipinski definition) is 3. The highest BCUT2D eigenvalue weighted by atomic mass is 16.5. The van der Waals surface area contributed by atoms with Crippen molar-refractivity contribution in [3.8, 4) is 0 Å². The molecule has 0 aliphatic rings. The summed E-state index contributed by atoms with van der Waals surface area (Å²) in [7, 11) is 3.85. The summed E-state index contributed by atoms with van der Waals surface area (Å²) in [6.07, 6.45) is 53.4. The molecule has 44 heavy (non-hydrogen) atoms. The van der Waals surface area contributed by atoms with E-state index in [1.165, 1.54) is 89.9 Å². The Kier molecular flexibility index (Phi) is 33.6. The molecule has 0 aromatic heterocycles. The van der Waals surface area contributed by atoms with Crippen LogP contribution in [0.1, 0.15) is 155 Å². The van der Waals surface area contributed by atoms with Gasteiger partial charge in [0.05, 0.1) is 6.54 Å². The van der Waals surface area contributed by atoms with Gasteiger partial charge in [0.15, 0.2) is 0 Å². The summed E-state index contributed by atoms with van der Waals surface area (Å²) < 4.78 is 5.90. The molecule has 0 aromatic carbocycles. The van der Waals surface area contributed by atoms with Gasteiger partial charge in [-0.3, -0.25) is 9.69 Å². The maximum Gasteiger partial charge on any atom is 0.320 e. The summed E-state index contributed by atoms with van der Waals surface area (Å²) in [6, 6.07) is 0. The molecule has 3 nitrogen and oxygen atoms in total. The van der Waals surface area contributed by atoms with Crippen LogP contribution in [0.15, 0.2) is 72.9 Å². The Morgan fingerprint density at radius 1 is 0.500 bits per heavy atom. The molecule has 0 amide bonds. The Balaban J connectivity index is 3.93.